The lowest BCUT2D eigenvalue weighted by molar-refractivity contribution is 0.0526. The quantitative estimate of drug-likeness (QED) is 0.502. The summed E-state index contributed by atoms with van der Waals surface area (Å²) >= 11 is 0. The molecular formula is C26H33N5O2. The van der Waals surface area contributed by atoms with E-state index in [1.54, 1.807) is 19.1 Å². The molecule has 0 saturated carbocycles. The number of carbonyl (C=O) groups is 1. The molecule has 0 unspecified atom stereocenters. The van der Waals surface area contributed by atoms with Crippen LogP contribution in [0.1, 0.15) is 60.2 Å². The Morgan fingerprint density at radius 1 is 1.33 bits per heavy atom. The molecule has 1 aromatic carbocycles. The number of carbonyl (C=O) groups excluding carboxylic acids is 1. The van der Waals surface area contributed by atoms with Gasteiger partial charge in [0.2, 0.25) is 0 Å². The standard InChI is InChI=1S/C26H33N5O2/c1-6-8-9-20-17(3)21(15-27)24-28-22-14-18(26(32)33-7-2)10-11-23(22)31(24)25(20)30-13-12-19(16-30)29(4)5/h10-11,14,19H,6-9,12-13,16H2,1-5H3/t19-/m0/s1. The molecule has 3 heterocycles. The molecule has 3 aromatic rings. The van der Waals surface area contributed by atoms with Gasteiger partial charge in [0, 0.05) is 19.1 Å². The number of anilines is 1. The zero-order chi connectivity index (χ0) is 23.7. The Hall–Kier alpha value is -3.11. The number of nitrogens with zero attached hydrogens (tertiary/aromatic N) is 5. The van der Waals surface area contributed by atoms with Crippen LogP contribution in [0, 0.1) is 18.3 Å². The van der Waals surface area contributed by atoms with Crippen molar-refractivity contribution < 1.29 is 9.53 Å². The van der Waals surface area contributed by atoms with Gasteiger partial charge in [-0.05, 0) is 76.5 Å². The number of esters is 1. The summed E-state index contributed by atoms with van der Waals surface area (Å²) in [5.74, 6) is 0.788. The van der Waals surface area contributed by atoms with Crippen LogP contribution in [0.25, 0.3) is 16.7 Å². The summed E-state index contributed by atoms with van der Waals surface area (Å²) in [4.78, 5) is 21.9. The molecule has 0 radical (unpaired) electrons. The van der Waals surface area contributed by atoms with Crippen LogP contribution in [0.5, 0.6) is 0 Å². The van der Waals surface area contributed by atoms with Gasteiger partial charge in [0.25, 0.3) is 0 Å². The molecule has 2 aromatic heterocycles. The number of imidazole rings is 1. The molecule has 1 aliphatic heterocycles. The second-order valence-electron chi connectivity index (χ2n) is 9.06. The van der Waals surface area contributed by atoms with Crippen LogP contribution in [-0.4, -0.2) is 60.1 Å². The minimum absolute atomic E-state index is 0.326. The van der Waals surface area contributed by atoms with Crippen LogP contribution in [-0.2, 0) is 11.2 Å². The normalized spacial score (nSPS) is 16.2. The molecule has 4 rings (SSSR count). The van der Waals surface area contributed by atoms with Crippen molar-refractivity contribution in [2.45, 2.75) is 52.5 Å². The molecule has 1 atom stereocenters. The summed E-state index contributed by atoms with van der Waals surface area (Å²) in [5.41, 5.74) is 5.61. The van der Waals surface area contributed by atoms with Crippen molar-refractivity contribution in [3.05, 3.63) is 40.5 Å². The average molecular weight is 448 g/mol. The van der Waals surface area contributed by atoms with Gasteiger partial charge in [0.1, 0.15) is 11.9 Å². The van der Waals surface area contributed by atoms with E-state index >= 15 is 0 Å². The number of benzene rings is 1. The first-order valence-corrected chi connectivity index (χ1v) is 11.9. The summed E-state index contributed by atoms with van der Waals surface area (Å²) in [7, 11) is 4.27. The second kappa shape index (κ2) is 9.40. The number of pyridine rings is 1. The minimum atomic E-state index is -0.356. The molecule has 1 saturated heterocycles. The number of rotatable bonds is 7. The predicted molar refractivity (Wildman–Crippen MR) is 131 cm³/mol. The van der Waals surface area contributed by atoms with Gasteiger partial charge in [-0.1, -0.05) is 13.3 Å². The fraction of sp³-hybridized carbons (Fsp3) is 0.500. The molecule has 174 valence electrons. The summed E-state index contributed by atoms with van der Waals surface area (Å²) in [6, 6.07) is 8.41. The van der Waals surface area contributed by atoms with Gasteiger partial charge in [-0.15, -0.1) is 0 Å². The first-order chi connectivity index (χ1) is 15.9. The SMILES string of the molecule is CCCCc1c(C)c(C#N)c2nc3cc(C(=O)OCC)ccc3n2c1N1CC[C@H](N(C)C)C1. The molecule has 33 heavy (non-hydrogen) atoms. The van der Waals surface area contributed by atoms with Crippen LogP contribution < -0.4 is 4.90 Å². The molecule has 0 bridgehead atoms. The zero-order valence-corrected chi connectivity index (χ0v) is 20.3. The van der Waals surface area contributed by atoms with Crippen LogP contribution in [0.2, 0.25) is 0 Å². The van der Waals surface area contributed by atoms with Gasteiger partial charge in [0.05, 0.1) is 28.8 Å². The lowest BCUT2D eigenvalue weighted by Crippen LogP contribution is -2.32. The van der Waals surface area contributed by atoms with Crippen molar-refractivity contribution in [3.8, 4) is 6.07 Å². The molecular weight excluding hydrogens is 414 g/mol. The van der Waals surface area contributed by atoms with E-state index in [1.165, 1.54) is 5.56 Å². The average Bonchev–Trinajstić information content (AvgIpc) is 3.42. The fourth-order valence-corrected chi connectivity index (χ4v) is 4.90. The lowest BCUT2D eigenvalue weighted by Gasteiger charge is -2.27. The Labute approximate surface area is 195 Å². The van der Waals surface area contributed by atoms with Gasteiger partial charge < -0.3 is 14.5 Å². The van der Waals surface area contributed by atoms with Gasteiger partial charge in [-0.25, -0.2) is 9.78 Å². The number of nitriles is 1. The fourth-order valence-electron chi connectivity index (χ4n) is 4.90. The van der Waals surface area contributed by atoms with E-state index in [2.05, 4.69) is 48.2 Å². The van der Waals surface area contributed by atoms with E-state index in [4.69, 9.17) is 9.72 Å². The van der Waals surface area contributed by atoms with E-state index in [9.17, 15) is 10.1 Å². The molecule has 0 N–H and O–H groups in total. The Kier molecular flexibility index (Phi) is 6.57. The Morgan fingerprint density at radius 3 is 2.76 bits per heavy atom. The van der Waals surface area contributed by atoms with Gasteiger partial charge >= 0.3 is 5.97 Å². The molecule has 1 fully saturated rings. The number of hydrogen-bond donors (Lipinski definition) is 0. The highest BCUT2D eigenvalue weighted by molar-refractivity contribution is 5.95. The van der Waals surface area contributed by atoms with Gasteiger partial charge in [-0.3, -0.25) is 4.40 Å². The maximum absolute atomic E-state index is 12.3. The van der Waals surface area contributed by atoms with Crippen molar-refractivity contribution in [3.63, 3.8) is 0 Å². The summed E-state index contributed by atoms with van der Waals surface area (Å²) in [5, 5.41) is 10.1. The Bertz CT molecular complexity index is 1240. The molecule has 0 amide bonds. The Morgan fingerprint density at radius 2 is 2.12 bits per heavy atom. The van der Waals surface area contributed by atoms with Crippen molar-refractivity contribution in [2.75, 3.05) is 38.7 Å². The molecule has 0 aliphatic carbocycles. The van der Waals surface area contributed by atoms with E-state index in [1.807, 2.05) is 6.07 Å². The van der Waals surface area contributed by atoms with Crippen LogP contribution in [0.3, 0.4) is 0 Å². The third kappa shape index (κ3) is 4.04. The van der Waals surface area contributed by atoms with E-state index in [0.29, 0.717) is 34.9 Å². The van der Waals surface area contributed by atoms with Gasteiger partial charge in [0.15, 0.2) is 5.65 Å². The zero-order valence-electron chi connectivity index (χ0n) is 20.3. The molecule has 7 nitrogen and oxygen atoms in total. The van der Waals surface area contributed by atoms with Crippen LogP contribution >= 0.6 is 0 Å². The monoisotopic (exact) mass is 447 g/mol. The third-order valence-corrected chi connectivity index (χ3v) is 6.78. The first kappa shape index (κ1) is 23.1. The third-order valence-electron chi connectivity index (χ3n) is 6.78. The van der Waals surface area contributed by atoms with Crippen molar-refractivity contribution >= 4 is 28.5 Å². The minimum Gasteiger partial charge on any atom is -0.462 e. The molecule has 1 aliphatic rings. The number of aromatic nitrogens is 2. The molecule has 0 spiro atoms. The number of ether oxygens (including phenoxy) is 1. The Balaban J connectivity index is 2.00. The number of hydrogen-bond acceptors (Lipinski definition) is 6. The first-order valence-electron chi connectivity index (χ1n) is 11.9. The topological polar surface area (TPSA) is 73.9 Å². The van der Waals surface area contributed by atoms with Crippen molar-refractivity contribution in [2.24, 2.45) is 0 Å². The van der Waals surface area contributed by atoms with Crippen LogP contribution in [0.4, 0.5) is 5.82 Å². The highest BCUT2D eigenvalue weighted by atomic mass is 16.5. The second-order valence-corrected chi connectivity index (χ2v) is 9.06. The highest BCUT2D eigenvalue weighted by Gasteiger charge is 2.30. The van der Waals surface area contributed by atoms with Crippen molar-refractivity contribution in [1.82, 2.24) is 14.3 Å². The van der Waals surface area contributed by atoms with Crippen molar-refractivity contribution in [1.29, 1.82) is 5.26 Å². The van der Waals surface area contributed by atoms with Gasteiger partial charge in [-0.2, -0.15) is 5.26 Å². The number of likely N-dealkylation sites (N-methyl/N-ethyl adjacent to an activating group) is 1. The van der Waals surface area contributed by atoms with E-state index in [-0.39, 0.29) is 5.97 Å². The van der Waals surface area contributed by atoms with E-state index < -0.39 is 0 Å². The summed E-state index contributed by atoms with van der Waals surface area (Å²) in [6.07, 6.45) is 4.17. The van der Waals surface area contributed by atoms with E-state index in [0.717, 1.165) is 55.7 Å². The number of unbranched alkanes of at least 4 members (excludes halogenated alkanes) is 1. The summed E-state index contributed by atoms with van der Waals surface area (Å²) in [6.45, 7) is 8.27. The molecule has 7 heteroatoms. The predicted octanol–water partition coefficient (Wildman–Crippen LogP) is 4.33. The van der Waals surface area contributed by atoms with Crippen LogP contribution in [0.15, 0.2) is 18.2 Å². The lowest BCUT2D eigenvalue weighted by atomic mass is 9.99. The maximum atomic E-state index is 12.3. The number of fused-ring (bicyclic) bond motifs is 3. The summed E-state index contributed by atoms with van der Waals surface area (Å²) < 4.78 is 7.33. The smallest absolute Gasteiger partial charge is 0.338 e. The highest BCUT2D eigenvalue weighted by Crippen LogP contribution is 2.36. The largest absolute Gasteiger partial charge is 0.462 e. The maximum Gasteiger partial charge on any atom is 0.338 e.